The van der Waals surface area contributed by atoms with Crippen molar-refractivity contribution < 1.29 is 19.0 Å². The molecule has 0 saturated carbocycles. The second kappa shape index (κ2) is 10.7. The third-order valence-electron chi connectivity index (χ3n) is 5.99. The molecule has 4 aromatic rings. The molecule has 0 bridgehead atoms. The molecule has 3 aromatic carbocycles. The van der Waals surface area contributed by atoms with E-state index in [0.717, 1.165) is 16.7 Å². The summed E-state index contributed by atoms with van der Waals surface area (Å²) in [7, 11) is 1.56. The van der Waals surface area contributed by atoms with E-state index in [1.807, 2.05) is 60.7 Å². The van der Waals surface area contributed by atoms with Gasteiger partial charge < -0.3 is 19.5 Å². The van der Waals surface area contributed by atoms with Crippen LogP contribution in [0.3, 0.4) is 0 Å². The fourth-order valence-electron chi connectivity index (χ4n) is 4.13. The van der Waals surface area contributed by atoms with Gasteiger partial charge in [0.1, 0.15) is 19.3 Å². The summed E-state index contributed by atoms with van der Waals surface area (Å²) in [6, 6.07) is 21.8. The number of esters is 1. The van der Waals surface area contributed by atoms with Crippen molar-refractivity contribution in [1.82, 2.24) is 20.2 Å². The van der Waals surface area contributed by atoms with Crippen molar-refractivity contribution in [3.8, 4) is 11.5 Å². The SMILES string of the molecule is COc1cc(C2C(C(=O)OCc3ccccc3)=C(C)Nc3nnnn32)ccc1OCc1ccccc1Cl. The molecule has 0 aliphatic carbocycles. The monoisotopic (exact) mass is 517 g/mol. The van der Waals surface area contributed by atoms with E-state index in [4.69, 9.17) is 25.8 Å². The van der Waals surface area contributed by atoms with E-state index in [1.54, 1.807) is 30.8 Å². The van der Waals surface area contributed by atoms with Crippen LogP contribution in [-0.2, 0) is 22.7 Å². The zero-order valence-corrected chi connectivity index (χ0v) is 21.0. The van der Waals surface area contributed by atoms with E-state index in [9.17, 15) is 4.79 Å². The van der Waals surface area contributed by atoms with Crippen LogP contribution in [0.25, 0.3) is 0 Å². The van der Waals surface area contributed by atoms with Gasteiger partial charge in [-0.1, -0.05) is 71.3 Å². The van der Waals surface area contributed by atoms with Crippen LogP contribution < -0.4 is 14.8 Å². The maximum absolute atomic E-state index is 13.3. The molecule has 1 atom stereocenters. The number of fused-ring (bicyclic) bond motifs is 1. The first-order chi connectivity index (χ1) is 18.0. The summed E-state index contributed by atoms with van der Waals surface area (Å²) < 4.78 is 18.8. The molecule has 5 rings (SSSR count). The number of halogens is 1. The molecule has 188 valence electrons. The van der Waals surface area contributed by atoms with Gasteiger partial charge >= 0.3 is 5.97 Å². The quantitative estimate of drug-likeness (QED) is 0.328. The van der Waals surface area contributed by atoms with Crippen molar-refractivity contribution in [3.63, 3.8) is 0 Å². The number of methoxy groups -OCH3 is 1. The molecule has 10 heteroatoms. The maximum atomic E-state index is 13.3. The Morgan fingerprint density at radius 1 is 1.03 bits per heavy atom. The van der Waals surface area contributed by atoms with Crippen LogP contribution in [-0.4, -0.2) is 33.3 Å². The van der Waals surface area contributed by atoms with Crippen molar-refractivity contribution in [1.29, 1.82) is 0 Å². The van der Waals surface area contributed by atoms with Crippen LogP contribution in [0, 0.1) is 0 Å². The zero-order valence-electron chi connectivity index (χ0n) is 20.2. The van der Waals surface area contributed by atoms with Gasteiger partial charge in [0, 0.05) is 16.3 Å². The molecular weight excluding hydrogens is 494 g/mol. The number of nitrogens with zero attached hydrogens (tertiary/aromatic N) is 4. The largest absolute Gasteiger partial charge is 0.493 e. The minimum Gasteiger partial charge on any atom is -0.493 e. The highest BCUT2D eigenvalue weighted by Gasteiger charge is 2.35. The van der Waals surface area contributed by atoms with E-state index < -0.39 is 12.0 Å². The van der Waals surface area contributed by atoms with Crippen LogP contribution in [0.5, 0.6) is 11.5 Å². The van der Waals surface area contributed by atoms with E-state index in [0.29, 0.717) is 33.7 Å². The fourth-order valence-corrected chi connectivity index (χ4v) is 4.32. The van der Waals surface area contributed by atoms with E-state index in [-0.39, 0.29) is 13.2 Å². The predicted molar refractivity (Wildman–Crippen MR) is 137 cm³/mol. The number of rotatable bonds is 8. The lowest BCUT2D eigenvalue weighted by molar-refractivity contribution is -0.140. The molecule has 0 amide bonds. The van der Waals surface area contributed by atoms with Crippen molar-refractivity contribution in [2.75, 3.05) is 12.4 Å². The van der Waals surface area contributed by atoms with E-state index in [1.165, 1.54) is 0 Å². The van der Waals surface area contributed by atoms with Crippen LogP contribution in [0.1, 0.15) is 29.7 Å². The van der Waals surface area contributed by atoms with Crippen LogP contribution in [0.2, 0.25) is 5.02 Å². The highest BCUT2D eigenvalue weighted by molar-refractivity contribution is 6.31. The molecule has 1 aliphatic rings. The number of carbonyl (C=O) groups excluding carboxylic acids is 1. The van der Waals surface area contributed by atoms with E-state index in [2.05, 4.69) is 20.8 Å². The van der Waals surface area contributed by atoms with Gasteiger partial charge in [-0.15, -0.1) is 0 Å². The predicted octanol–water partition coefficient (Wildman–Crippen LogP) is 4.95. The minimum absolute atomic E-state index is 0.143. The molecule has 0 fully saturated rings. The van der Waals surface area contributed by atoms with Gasteiger partial charge in [0.05, 0.1) is 12.7 Å². The average molecular weight is 518 g/mol. The van der Waals surface area contributed by atoms with Crippen molar-refractivity contribution in [2.24, 2.45) is 0 Å². The smallest absolute Gasteiger partial charge is 0.338 e. The van der Waals surface area contributed by atoms with Gasteiger partial charge in [0.2, 0.25) is 5.95 Å². The van der Waals surface area contributed by atoms with Crippen LogP contribution >= 0.6 is 11.6 Å². The lowest BCUT2D eigenvalue weighted by Crippen LogP contribution is -2.29. The van der Waals surface area contributed by atoms with Gasteiger partial charge in [0.25, 0.3) is 0 Å². The highest BCUT2D eigenvalue weighted by atomic mass is 35.5. The van der Waals surface area contributed by atoms with Gasteiger partial charge in [-0.05, 0) is 46.7 Å². The standard InChI is InChI=1S/C27H24ClN5O4/c1-17-24(26(34)37-15-18-8-4-3-5-9-18)25(33-27(29-17)30-31-32-33)19-12-13-22(23(14-19)35-2)36-16-20-10-6-7-11-21(20)28/h3-14,25H,15-16H2,1-2H3,(H,29,30,32). The zero-order chi connectivity index (χ0) is 25.8. The Bertz CT molecular complexity index is 1450. The number of allylic oxidation sites excluding steroid dienone is 1. The Labute approximate surface area is 218 Å². The lowest BCUT2D eigenvalue weighted by atomic mass is 9.95. The maximum Gasteiger partial charge on any atom is 0.338 e. The third-order valence-corrected chi connectivity index (χ3v) is 6.36. The number of carbonyl (C=O) groups is 1. The first-order valence-corrected chi connectivity index (χ1v) is 11.9. The number of anilines is 1. The average Bonchev–Trinajstić information content (AvgIpc) is 3.39. The molecule has 0 spiro atoms. The number of tetrazole rings is 1. The van der Waals surface area contributed by atoms with E-state index >= 15 is 0 Å². The molecule has 1 aliphatic heterocycles. The van der Waals surface area contributed by atoms with Gasteiger partial charge in [-0.2, -0.15) is 4.68 Å². The summed E-state index contributed by atoms with van der Waals surface area (Å²) in [5.41, 5.74) is 3.46. The Balaban J connectivity index is 1.44. The number of hydrogen-bond acceptors (Lipinski definition) is 8. The summed E-state index contributed by atoms with van der Waals surface area (Å²) in [5.74, 6) is 0.969. The summed E-state index contributed by atoms with van der Waals surface area (Å²) in [6.07, 6.45) is 0. The Morgan fingerprint density at radius 2 is 1.81 bits per heavy atom. The molecule has 2 heterocycles. The number of nitrogens with one attached hydrogen (secondary N) is 1. The van der Waals surface area contributed by atoms with Gasteiger partial charge in [0.15, 0.2) is 11.5 Å². The van der Waals surface area contributed by atoms with Crippen molar-refractivity contribution in [2.45, 2.75) is 26.2 Å². The topological polar surface area (TPSA) is 100 Å². The van der Waals surface area contributed by atoms with Crippen LogP contribution in [0.15, 0.2) is 84.1 Å². The molecule has 0 radical (unpaired) electrons. The van der Waals surface area contributed by atoms with Gasteiger partial charge in [-0.25, -0.2) is 4.79 Å². The second-order valence-electron chi connectivity index (χ2n) is 8.37. The molecule has 0 saturated heterocycles. The summed E-state index contributed by atoms with van der Waals surface area (Å²) in [4.78, 5) is 13.3. The molecular formula is C27H24ClN5O4. The lowest BCUT2D eigenvalue weighted by Gasteiger charge is -2.28. The molecule has 9 nitrogen and oxygen atoms in total. The summed E-state index contributed by atoms with van der Waals surface area (Å²) in [5, 5.41) is 15.7. The van der Waals surface area contributed by atoms with Crippen molar-refractivity contribution in [3.05, 3.63) is 106 Å². The number of hydrogen-bond donors (Lipinski definition) is 1. The number of ether oxygens (including phenoxy) is 3. The number of aromatic nitrogens is 4. The fraction of sp³-hybridized carbons (Fsp3) is 0.185. The Kier molecular flexibility index (Phi) is 7.04. The molecule has 1 N–H and O–H groups in total. The summed E-state index contributed by atoms with van der Waals surface area (Å²) in [6.45, 7) is 2.21. The molecule has 1 aromatic heterocycles. The Hall–Kier alpha value is -4.37. The Morgan fingerprint density at radius 3 is 2.59 bits per heavy atom. The molecule has 37 heavy (non-hydrogen) atoms. The number of benzene rings is 3. The molecule has 1 unspecified atom stereocenters. The first kappa shape index (κ1) is 24.3. The van der Waals surface area contributed by atoms with Gasteiger partial charge in [-0.3, -0.25) is 0 Å². The van der Waals surface area contributed by atoms with Crippen LogP contribution in [0.4, 0.5) is 5.95 Å². The highest BCUT2D eigenvalue weighted by Crippen LogP contribution is 2.39. The first-order valence-electron chi connectivity index (χ1n) is 11.6. The summed E-state index contributed by atoms with van der Waals surface area (Å²) >= 11 is 6.26. The minimum atomic E-state index is -0.638. The second-order valence-corrected chi connectivity index (χ2v) is 8.77. The third kappa shape index (κ3) is 5.12. The normalized spacial score (nSPS) is 14.5. The van der Waals surface area contributed by atoms with Crippen molar-refractivity contribution >= 4 is 23.5 Å².